The SMILES string of the molecule is CCC(C(=O)Nc1ncc(C2CCNCC2)s1)N1CCCC1=O. The van der Waals surface area contributed by atoms with E-state index in [0.717, 1.165) is 32.4 Å². The van der Waals surface area contributed by atoms with Gasteiger partial charge in [-0.2, -0.15) is 0 Å². The van der Waals surface area contributed by atoms with Gasteiger partial charge in [0.2, 0.25) is 11.8 Å². The zero-order valence-corrected chi connectivity index (χ0v) is 14.3. The van der Waals surface area contributed by atoms with E-state index in [9.17, 15) is 9.59 Å². The van der Waals surface area contributed by atoms with Gasteiger partial charge in [-0.05, 0) is 44.7 Å². The lowest BCUT2D eigenvalue weighted by Gasteiger charge is -2.25. The number of carbonyl (C=O) groups is 2. The first-order valence-electron chi connectivity index (χ1n) is 8.45. The molecule has 1 atom stereocenters. The van der Waals surface area contributed by atoms with Crippen molar-refractivity contribution in [3.05, 3.63) is 11.1 Å². The molecule has 0 spiro atoms. The van der Waals surface area contributed by atoms with Gasteiger partial charge in [-0.15, -0.1) is 11.3 Å². The molecular weight excluding hydrogens is 312 g/mol. The van der Waals surface area contributed by atoms with Gasteiger partial charge in [0, 0.05) is 24.0 Å². The van der Waals surface area contributed by atoms with Crippen LogP contribution in [0.4, 0.5) is 5.13 Å². The summed E-state index contributed by atoms with van der Waals surface area (Å²) in [6.45, 7) is 4.71. The number of aromatic nitrogens is 1. The highest BCUT2D eigenvalue weighted by Gasteiger charge is 2.32. The molecule has 2 aliphatic rings. The molecule has 0 aromatic carbocycles. The van der Waals surface area contributed by atoms with Crippen LogP contribution in [0.1, 0.15) is 49.8 Å². The van der Waals surface area contributed by atoms with Gasteiger partial charge in [0.1, 0.15) is 6.04 Å². The third-order valence-corrected chi connectivity index (χ3v) is 5.75. The van der Waals surface area contributed by atoms with Crippen LogP contribution >= 0.6 is 11.3 Å². The topological polar surface area (TPSA) is 74.3 Å². The van der Waals surface area contributed by atoms with Crippen molar-refractivity contribution in [2.24, 2.45) is 0 Å². The average molecular weight is 336 g/mol. The zero-order chi connectivity index (χ0) is 16.2. The molecule has 0 saturated carbocycles. The fourth-order valence-electron chi connectivity index (χ4n) is 3.37. The van der Waals surface area contributed by atoms with Crippen LogP contribution in [-0.4, -0.2) is 47.4 Å². The predicted octanol–water partition coefficient (Wildman–Crippen LogP) is 1.95. The lowest BCUT2D eigenvalue weighted by Crippen LogP contribution is -2.44. The zero-order valence-electron chi connectivity index (χ0n) is 13.5. The van der Waals surface area contributed by atoms with E-state index < -0.39 is 0 Å². The van der Waals surface area contributed by atoms with Crippen LogP contribution < -0.4 is 10.6 Å². The van der Waals surface area contributed by atoms with Crippen LogP contribution in [-0.2, 0) is 9.59 Å². The Morgan fingerprint density at radius 2 is 2.30 bits per heavy atom. The van der Waals surface area contributed by atoms with E-state index in [1.165, 1.54) is 4.88 Å². The fraction of sp³-hybridized carbons (Fsp3) is 0.688. The highest BCUT2D eigenvalue weighted by atomic mass is 32.1. The standard InChI is InChI=1S/C16H24N4O2S/c1-2-12(20-9-3-4-14(20)21)15(22)19-16-18-10-13(23-16)11-5-7-17-8-6-11/h10-12,17H,2-9H2,1H3,(H,18,19,22). The molecule has 126 valence electrons. The van der Waals surface area contributed by atoms with Crippen molar-refractivity contribution in [3.8, 4) is 0 Å². The van der Waals surface area contributed by atoms with Crippen LogP contribution in [0, 0.1) is 0 Å². The summed E-state index contributed by atoms with van der Waals surface area (Å²) >= 11 is 1.56. The Hall–Kier alpha value is -1.47. The van der Waals surface area contributed by atoms with Gasteiger partial charge >= 0.3 is 0 Å². The lowest BCUT2D eigenvalue weighted by molar-refractivity contribution is -0.135. The maximum Gasteiger partial charge on any atom is 0.248 e. The molecule has 1 aromatic heterocycles. The molecule has 1 aromatic rings. The van der Waals surface area contributed by atoms with Gasteiger partial charge in [-0.3, -0.25) is 9.59 Å². The number of hydrogen-bond donors (Lipinski definition) is 2. The van der Waals surface area contributed by atoms with E-state index in [4.69, 9.17) is 0 Å². The first-order chi connectivity index (χ1) is 11.2. The molecule has 0 aliphatic carbocycles. The summed E-state index contributed by atoms with van der Waals surface area (Å²) in [5.41, 5.74) is 0. The molecule has 3 heterocycles. The maximum absolute atomic E-state index is 12.5. The van der Waals surface area contributed by atoms with Crippen molar-refractivity contribution in [1.82, 2.24) is 15.2 Å². The smallest absolute Gasteiger partial charge is 0.248 e. The normalized spacial score (nSPS) is 20.7. The van der Waals surface area contributed by atoms with Crippen molar-refractivity contribution in [3.63, 3.8) is 0 Å². The van der Waals surface area contributed by atoms with Gasteiger partial charge in [-0.25, -0.2) is 4.98 Å². The van der Waals surface area contributed by atoms with E-state index in [1.54, 1.807) is 16.2 Å². The summed E-state index contributed by atoms with van der Waals surface area (Å²) in [5.74, 6) is 0.511. The number of anilines is 1. The van der Waals surface area contributed by atoms with Crippen LogP contribution in [0.15, 0.2) is 6.20 Å². The second kappa shape index (κ2) is 7.40. The summed E-state index contributed by atoms with van der Waals surface area (Å²) < 4.78 is 0. The van der Waals surface area contributed by atoms with Crippen LogP contribution in [0.25, 0.3) is 0 Å². The highest BCUT2D eigenvalue weighted by molar-refractivity contribution is 7.15. The number of rotatable bonds is 5. The molecule has 2 saturated heterocycles. The van der Waals surface area contributed by atoms with E-state index >= 15 is 0 Å². The monoisotopic (exact) mass is 336 g/mol. The second-order valence-corrected chi connectivity index (χ2v) is 7.26. The number of amides is 2. The molecule has 3 rings (SSSR count). The molecule has 23 heavy (non-hydrogen) atoms. The van der Waals surface area contributed by atoms with Crippen molar-refractivity contribution in [2.45, 2.75) is 51.0 Å². The van der Waals surface area contributed by atoms with Gasteiger partial charge in [0.05, 0.1) is 0 Å². The Bertz CT molecular complexity index is 568. The number of nitrogens with zero attached hydrogens (tertiary/aromatic N) is 2. The second-order valence-electron chi connectivity index (χ2n) is 6.20. The summed E-state index contributed by atoms with van der Waals surface area (Å²) in [6, 6.07) is -0.378. The van der Waals surface area contributed by atoms with E-state index in [2.05, 4.69) is 15.6 Å². The van der Waals surface area contributed by atoms with Gasteiger partial charge in [0.15, 0.2) is 5.13 Å². The number of piperidine rings is 1. The van der Waals surface area contributed by atoms with Crippen LogP contribution in [0.2, 0.25) is 0 Å². The third-order valence-electron chi connectivity index (χ3n) is 4.67. The third kappa shape index (κ3) is 3.72. The summed E-state index contributed by atoms with van der Waals surface area (Å²) in [7, 11) is 0. The van der Waals surface area contributed by atoms with E-state index in [-0.39, 0.29) is 17.9 Å². The number of hydrogen-bond acceptors (Lipinski definition) is 5. The van der Waals surface area contributed by atoms with Crippen molar-refractivity contribution in [2.75, 3.05) is 25.0 Å². The van der Waals surface area contributed by atoms with Crippen LogP contribution in [0.5, 0.6) is 0 Å². The van der Waals surface area contributed by atoms with Crippen molar-refractivity contribution in [1.29, 1.82) is 0 Å². The van der Waals surface area contributed by atoms with Crippen molar-refractivity contribution >= 4 is 28.3 Å². The Kier molecular flexibility index (Phi) is 5.27. The minimum absolute atomic E-state index is 0.0848. The largest absolute Gasteiger partial charge is 0.331 e. The minimum atomic E-state index is -0.378. The Morgan fingerprint density at radius 3 is 2.96 bits per heavy atom. The quantitative estimate of drug-likeness (QED) is 0.862. The molecule has 2 N–H and O–H groups in total. The Labute approximate surface area is 140 Å². The molecule has 2 fully saturated rings. The summed E-state index contributed by atoms with van der Waals surface area (Å²) in [5, 5.41) is 6.91. The molecule has 7 heteroatoms. The average Bonchev–Trinajstić information content (AvgIpc) is 3.19. The molecule has 6 nitrogen and oxygen atoms in total. The number of thiazole rings is 1. The fourth-order valence-corrected chi connectivity index (χ4v) is 4.36. The molecule has 2 amide bonds. The molecular formula is C16H24N4O2S. The Morgan fingerprint density at radius 1 is 1.52 bits per heavy atom. The molecule has 2 aliphatic heterocycles. The number of carbonyl (C=O) groups excluding carboxylic acids is 2. The number of nitrogens with one attached hydrogen (secondary N) is 2. The van der Waals surface area contributed by atoms with E-state index in [0.29, 0.717) is 30.4 Å². The predicted molar refractivity (Wildman–Crippen MR) is 90.6 cm³/mol. The van der Waals surface area contributed by atoms with E-state index in [1.807, 2.05) is 13.1 Å². The van der Waals surface area contributed by atoms with Gasteiger partial charge in [0.25, 0.3) is 0 Å². The first-order valence-corrected chi connectivity index (χ1v) is 9.27. The first kappa shape index (κ1) is 16.4. The summed E-state index contributed by atoms with van der Waals surface area (Å²) in [6.07, 6.45) is 6.16. The highest BCUT2D eigenvalue weighted by Crippen LogP contribution is 2.31. The van der Waals surface area contributed by atoms with Crippen molar-refractivity contribution < 1.29 is 9.59 Å². The molecule has 0 radical (unpaired) electrons. The maximum atomic E-state index is 12.5. The van der Waals surface area contributed by atoms with Gasteiger partial charge < -0.3 is 15.5 Å². The minimum Gasteiger partial charge on any atom is -0.331 e. The molecule has 1 unspecified atom stereocenters. The Balaban J connectivity index is 1.62. The van der Waals surface area contributed by atoms with Gasteiger partial charge in [-0.1, -0.05) is 6.92 Å². The summed E-state index contributed by atoms with van der Waals surface area (Å²) in [4.78, 5) is 31.7. The van der Waals surface area contributed by atoms with Crippen LogP contribution in [0.3, 0.4) is 0 Å². The molecule has 0 bridgehead atoms. The number of likely N-dealkylation sites (tertiary alicyclic amines) is 1. The lowest BCUT2D eigenvalue weighted by atomic mass is 9.97.